The number of methoxy groups -OCH3 is 1. The number of hydrogen-bond acceptors (Lipinski definition) is 7. The van der Waals surface area contributed by atoms with Crippen LogP contribution in [0, 0.1) is 0 Å². The van der Waals surface area contributed by atoms with Crippen LogP contribution in [0.1, 0.15) is 20.1 Å². The van der Waals surface area contributed by atoms with Crippen molar-refractivity contribution in [2.24, 2.45) is 0 Å². The van der Waals surface area contributed by atoms with E-state index in [1.807, 2.05) is 0 Å². The number of aromatic amines is 1. The summed E-state index contributed by atoms with van der Waals surface area (Å²) in [5, 5.41) is 0. The highest BCUT2D eigenvalue weighted by atomic mass is 31.2. The molecule has 1 unspecified atom stereocenters. The molecule has 0 radical (unpaired) electrons. The molecule has 4 atom stereocenters. The lowest BCUT2D eigenvalue weighted by molar-refractivity contribution is -0.0840. The fraction of sp³-hybridized carbons (Fsp3) is 0.692. The topological polar surface area (TPSA) is 149 Å². The van der Waals surface area contributed by atoms with E-state index >= 15 is 0 Å². The maximum atomic E-state index is 12.0. The largest absolute Gasteiger partial charge is 0.469 e. The maximum absolute atomic E-state index is 12.0. The molecule has 0 saturated carbocycles. The van der Waals surface area contributed by atoms with Crippen LogP contribution in [0.25, 0.3) is 0 Å². The van der Waals surface area contributed by atoms with Crippen molar-refractivity contribution < 1.29 is 33.1 Å². The molecule has 1 aliphatic heterocycles. The number of ether oxygens (including phenoxy) is 3. The van der Waals surface area contributed by atoms with Crippen LogP contribution in [-0.2, 0) is 23.3 Å². The van der Waals surface area contributed by atoms with Crippen molar-refractivity contribution in [3.63, 3.8) is 0 Å². The quantitative estimate of drug-likeness (QED) is 0.525. The predicted molar refractivity (Wildman–Crippen MR) is 84.0 cm³/mol. The third-order valence-corrected chi connectivity index (χ3v) is 4.00. The van der Waals surface area contributed by atoms with Crippen LogP contribution in [-0.4, -0.2) is 57.5 Å². The van der Waals surface area contributed by atoms with Crippen LogP contribution in [0.3, 0.4) is 0 Å². The Morgan fingerprint density at radius 1 is 1.36 bits per heavy atom. The average Bonchev–Trinajstić information content (AvgIpc) is 2.81. The molecule has 12 heteroatoms. The van der Waals surface area contributed by atoms with Gasteiger partial charge in [0.05, 0.1) is 12.7 Å². The van der Waals surface area contributed by atoms with E-state index in [2.05, 4.69) is 9.51 Å². The summed E-state index contributed by atoms with van der Waals surface area (Å²) >= 11 is 0. The highest BCUT2D eigenvalue weighted by molar-refractivity contribution is 7.46. The molecular weight excluding hydrogens is 359 g/mol. The van der Waals surface area contributed by atoms with E-state index < -0.39 is 50.2 Å². The molecule has 1 aliphatic rings. The SMILES string of the molecule is COC1[C@@H](OC(C)C)[C@@H](COP(=O)(O)O)O[C@H]1n1ccc(=O)[nH]c1=O. The molecule has 0 amide bonds. The van der Waals surface area contributed by atoms with Crippen molar-refractivity contribution in [1.29, 1.82) is 0 Å². The average molecular weight is 380 g/mol. The Morgan fingerprint density at radius 3 is 2.56 bits per heavy atom. The summed E-state index contributed by atoms with van der Waals surface area (Å²) in [6.07, 6.45) is -2.38. The Labute approximate surface area is 142 Å². The molecule has 1 saturated heterocycles. The van der Waals surface area contributed by atoms with Crippen LogP contribution in [0.4, 0.5) is 0 Å². The number of nitrogens with one attached hydrogen (secondary N) is 1. The second-order valence-corrected chi connectivity index (χ2v) is 6.96. The minimum atomic E-state index is -4.71. The monoisotopic (exact) mass is 380 g/mol. The smallest absolute Gasteiger partial charge is 0.374 e. The fourth-order valence-corrected chi connectivity index (χ4v) is 2.93. The summed E-state index contributed by atoms with van der Waals surface area (Å²) in [5.41, 5.74) is -1.27. The first kappa shape index (κ1) is 20.0. The third kappa shape index (κ3) is 5.08. The van der Waals surface area contributed by atoms with Gasteiger partial charge in [0.2, 0.25) is 0 Å². The van der Waals surface area contributed by atoms with Crippen LogP contribution < -0.4 is 11.2 Å². The molecule has 25 heavy (non-hydrogen) atoms. The molecule has 0 aliphatic carbocycles. The van der Waals surface area contributed by atoms with Gasteiger partial charge >= 0.3 is 13.5 Å². The molecule has 142 valence electrons. The van der Waals surface area contributed by atoms with E-state index in [9.17, 15) is 14.2 Å². The van der Waals surface area contributed by atoms with Gasteiger partial charge in [-0.3, -0.25) is 18.9 Å². The van der Waals surface area contributed by atoms with E-state index in [-0.39, 0.29) is 6.10 Å². The predicted octanol–water partition coefficient (Wildman–Crippen LogP) is -0.648. The summed E-state index contributed by atoms with van der Waals surface area (Å²) in [5.74, 6) is 0. The first-order valence-corrected chi connectivity index (χ1v) is 9.00. The zero-order valence-electron chi connectivity index (χ0n) is 13.9. The molecule has 2 rings (SSSR count). The van der Waals surface area contributed by atoms with Gasteiger partial charge in [-0.2, -0.15) is 0 Å². The van der Waals surface area contributed by atoms with Gasteiger partial charge in [-0.25, -0.2) is 9.36 Å². The zero-order valence-corrected chi connectivity index (χ0v) is 14.8. The van der Waals surface area contributed by atoms with Gasteiger partial charge in [0.25, 0.3) is 5.56 Å². The lowest BCUT2D eigenvalue weighted by Crippen LogP contribution is -2.41. The minimum Gasteiger partial charge on any atom is -0.374 e. The highest BCUT2D eigenvalue weighted by Crippen LogP contribution is 2.39. The summed E-state index contributed by atoms with van der Waals surface area (Å²) < 4.78 is 33.4. The number of rotatable bonds is 7. The molecule has 1 aromatic heterocycles. The van der Waals surface area contributed by atoms with Crippen molar-refractivity contribution in [2.75, 3.05) is 13.7 Å². The van der Waals surface area contributed by atoms with Gasteiger partial charge < -0.3 is 24.0 Å². The molecular formula is C13H21N2O9P. The van der Waals surface area contributed by atoms with Gasteiger partial charge in [-0.15, -0.1) is 0 Å². The maximum Gasteiger partial charge on any atom is 0.469 e. The molecule has 3 N–H and O–H groups in total. The number of aromatic nitrogens is 2. The number of hydrogen-bond donors (Lipinski definition) is 3. The Morgan fingerprint density at radius 2 is 2.04 bits per heavy atom. The normalized spacial score (nSPS) is 27.1. The zero-order chi connectivity index (χ0) is 18.8. The van der Waals surface area contributed by atoms with Crippen LogP contribution >= 0.6 is 7.82 Å². The van der Waals surface area contributed by atoms with Gasteiger partial charge in [-0.1, -0.05) is 0 Å². The standard InChI is InChI=1S/C13H21N2O9P/c1-7(2)23-10-8(6-22-25(18,19)20)24-12(11(10)21-3)15-5-4-9(16)14-13(15)17/h4-5,7-8,10-12H,6H2,1-3H3,(H,14,16,17)(H2,18,19,20)/t8-,10+,11?,12-/m1/s1. The van der Waals surface area contributed by atoms with E-state index in [1.165, 1.54) is 13.3 Å². The molecule has 1 aromatic rings. The number of nitrogens with zero attached hydrogens (tertiary/aromatic N) is 1. The Bertz CT molecular complexity index is 740. The van der Waals surface area contributed by atoms with Crippen molar-refractivity contribution in [3.05, 3.63) is 33.1 Å². The Balaban J connectivity index is 2.32. The minimum absolute atomic E-state index is 0.241. The molecule has 0 spiro atoms. The van der Waals surface area contributed by atoms with Crippen molar-refractivity contribution in [2.45, 2.75) is 44.5 Å². The van der Waals surface area contributed by atoms with Gasteiger partial charge in [0, 0.05) is 19.4 Å². The third-order valence-electron chi connectivity index (χ3n) is 3.52. The summed E-state index contributed by atoms with van der Waals surface area (Å²) in [4.78, 5) is 43.1. The fourth-order valence-electron chi connectivity index (χ4n) is 2.59. The van der Waals surface area contributed by atoms with E-state index in [1.54, 1.807) is 13.8 Å². The van der Waals surface area contributed by atoms with Crippen LogP contribution in [0.15, 0.2) is 21.9 Å². The summed E-state index contributed by atoms with van der Waals surface area (Å²) in [6.45, 7) is 3.08. The van der Waals surface area contributed by atoms with E-state index in [0.29, 0.717) is 0 Å². The summed E-state index contributed by atoms with van der Waals surface area (Å²) in [6, 6.07) is 1.15. The van der Waals surface area contributed by atoms with Crippen molar-refractivity contribution >= 4 is 7.82 Å². The first-order chi connectivity index (χ1) is 11.6. The number of H-pyrrole nitrogens is 1. The lowest BCUT2D eigenvalue weighted by atomic mass is 10.1. The van der Waals surface area contributed by atoms with Crippen LogP contribution in [0.5, 0.6) is 0 Å². The number of phosphoric acid groups is 1. The Kier molecular flexibility index (Phi) is 6.33. The molecule has 0 aromatic carbocycles. The Hall–Kier alpha value is -1.33. The lowest BCUT2D eigenvalue weighted by Gasteiger charge is -2.25. The summed E-state index contributed by atoms with van der Waals surface area (Å²) in [7, 11) is -3.32. The second kappa shape index (κ2) is 7.92. The second-order valence-electron chi connectivity index (χ2n) is 5.72. The molecule has 0 bridgehead atoms. The van der Waals surface area contributed by atoms with Crippen LogP contribution in [0.2, 0.25) is 0 Å². The van der Waals surface area contributed by atoms with Gasteiger partial charge in [0.15, 0.2) is 6.23 Å². The molecule has 1 fully saturated rings. The van der Waals surface area contributed by atoms with Gasteiger partial charge in [0.1, 0.15) is 18.3 Å². The van der Waals surface area contributed by atoms with Crippen molar-refractivity contribution in [1.82, 2.24) is 9.55 Å². The molecule has 11 nitrogen and oxygen atoms in total. The van der Waals surface area contributed by atoms with E-state index in [4.69, 9.17) is 24.0 Å². The van der Waals surface area contributed by atoms with Gasteiger partial charge in [-0.05, 0) is 13.8 Å². The molecule has 2 heterocycles. The number of phosphoric ester groups is 1. The highest BCUT2D eigenvalue weighted by Gasteiger charge is 2.48. The van der Waals surface area contributed by atoms with E-state index in [0.717, 1.165) is 10.6 Å². The van der Waals surface area contributed by atoms with Crippen molar-refractivity contribution in [3.8, 4) is 0 Å². The first-order valence-electron chi connectivity index (χ1n) is 7.47.